The molecule has 0 saturated heterocycles. The molecular weight excluding hydrogens is 447 g/mol. The number of anilines is 1. The number of nitrogens with one attached hydrogen (secondary N) is 3. The predicted molar refractivity (Wildman–Crippen MR) is 117 cm³/mol. The van der Waals surface area contributed by atoms with Gasteiger partial charge in [0.2, 0.25) is 5.91 Å². The number of nitrogens with zero attached hydrogens (tertiary/aromatic N) is 1. The van der Waals surface area contributed by atoms with Gasteiger partial charge >= 0.3 is 0 Å². The number of amides is 1. The maximum atomic E-state index is 11.7. The lowest BCUT2D eigenvalue weighted by atomic mass is 10.2. The fourth-order valence-electron chi connectivity index (χ4n) is 2.20. The van der Waals surface area contributed by atoms with Gasteiger partial charge < -0.3 is 16.0 Å². The zero-order valence-electron chi connectivity index (χ0n) is 14.5. The standard InChI is InChI=1S/C18H24N4OS.HI/c1-3-5-17(23)22-16-7-4-6-14(10-16)11-20-18(19-2)21-12-15-8-9-24-13-15;/h4,6-10,13H,3,5,11-12H2,1-2H3,(H,22,23)(H2,19,20,21);1H. The van der Waals surface area contributed by atoms with Crippen LogP contribution in [0, 0.1) is 0 Å². The van der Waals surface area contributed by atoms with E-state index in [9.17, 15) is 4.79 Å². The highest BCUT2D eigenvalue weighted by molar-refractivity contribution is 14.0. The number of halogens is 1. The zero-order chi connectivity index (χ0) is 17.2. The number of carbonyl (C=O) groups is 1. The van der Waals surface area contributed by atoms with E-state index < -0.39 is 0 Å². The zero-order valence-corrected chi connectivity index (χ0v) is 17.7. The Labute approximate surface area is 170 Å². The summed E-state index contributed by atoms with van der Waals surface area (Å²) < 4.78 is 0. The van der Waals surface area contributed by atoms with Gasteiger partial charge in [-0.2, -0.15) is 11.3 Å². The maximum Gasteiger partial charge on any atom is 0.224 e. The second-order valence-electron chi connectivity index (χ2n) is 5.41. The molecule has 2 aromatic rings. The minimum absolute atomic E-state index is 0. The Morgan fingerprint density at radius 2 is 1.92 bits per heavy atom. The molecular formula is C18H25IN4OS. The Morgan fingerprint density at radius 1 is 1.16 bits per heavy atom. The first kappa shape index (κ1) is 21.4. The third kappa shape index (κ3) is 7.87. The first-order valence-electron chi connectivity index (χ1n) is 8.05. The number of hydrogen-bond acceptors (Lipinski definition) is 3. The van der Waals surface area contributed by atoms with Gasteiger partial charge in [-0.3, -0.25) is 9.79 Å². The average molecular weight is 472 g/mol. The SMILES string of the molecule is CCCC(=O)Nc1cccc(CNC(=NC)NCc2ccsc2)c1.I. The molecule has 1 amide bonds. The largest absolute Gasteiger partial charge is 0.352 e. The summed E-state index contributed by atoms with van der Waals surface area (Å²) in [6.45, 7) is 3.38. The first-order chi connectivity index (χ1) is 11.7. The van der Waals surface area contributed by atoms with E-state index in [4.69, 9.17) is 0 Å². The summed E-state index contributed by atoms with van der Waals surface area (Å²) in [5.74, 6) is 0.803. The molecule has 0 aliphatic carbocycles. The topological polar surface area (TPSA) is 65.5 Å². The molecule has 1 heterocycles. The smallest absolute Gasteiger partial charge is 0.224 e. The fraction of sp³-hybridized carbons (Fsp3) is 0.333. The van der Waals surface area contributed by atoms with E-state index in [1.54, 1.807) is 18.4 Å². The number of guanidine groups is 1. The van der Waals surface area contributed by atoms with Gasteiger partial charge in [0.25, 0.3) is 0 Å². The molecule has 3 N–H and O–H groups in total. The second kappa shape index (κ2) is 11.9. The van der Waals surface area contributed by atoms with Crippen LogP contribution in [0.5, 0.6) is 0 Å². The van der Waals surface area contributed by atoms with Crippen LogP contribution in [-0.4, -0.2) is 18.9 Å². The van der Waals surface area contributed by atoms with Crippen LogP contribution in [0.15, 0.2) is 46.1 Å². The number of hydrogen-bond donors (Lipinski definition) is 3. The van der Waals surface area contributed by atoms with E-state index in [2.05, 4.69) is 37.8 Å². The monoisotopic (exact) mass is 472 g/mol. The molecule has 0 bridgehead atoms. The van der Waals surface area contributed by atoms with E-state index in [0.717, 1.165) is 30.2 Å². The highest BCUT2D eigenvalue weighted by Gasteiger charge is 2.03. The maximum absolute atomic E-state index is 11.7. The van der Waals surface area contributed by atoms with Crippen molar-refractivity contribution in [1.29, 1.82) is 0 Å². The average Bonchev–Trinajstić information content (AvgIpc) is 3.09. The van der Waals surface area contributed by atoms with Crippen molar-refractivity contribution in [3.05, 3.63) is 52.2 Å². The van der Waals surface area contributed by atoms with E-state index >= 15 is 0 Å². The summed E-state index contributed by atoms with van der Waals surface area (Å²) in [4.78, 5) is 15.9. The van der Waals surface area contributed by atoms with Gasteiger partial charge in [-0.15, -0.1) is 24.0 Å². The molecule has 5 nitrogen and oxygen atoms in total. The minimum atomic E-state index is 0. The molecule has 0 fully saturated rings. The summed E-state index contributed by atoms with van der Waals surface area (Å²) in [5.41, 5.74) is 3.15. The molecule has 0 aliphatic heterocycles. The third-order valence-corrected chi connectivity index (χ3v) is 4.14. The van der Waals surface area contributed by atoms with Crippen molar-refractivity contribution in [3.8, 4) is 0 Å². The van der Waals surface area contributed by atoms with Gasteiger partial charge in [0.15, 0.2) is 5.96 Å². The molecule has 7 heteroatoms. The van der Waals surface area contributed by atoms with Gasteiger partial charge in [-0.05, 0) is 46.5 Å². The minimum Gasteiger partial charge on any atom is -0.352 e. The molecule has 1 aromatic heterocycles. The molecule has 1 aromatic carbocycles. The second-order valence-corrected chi connectivity index (χ2v) is 6.19. The Bertz CT molecular complexity index is 673. The molecule has 2 rings (SSSR count). The lowest BCUT2D eigenvalue weighted by Gasteiger charge is -2.12. The molecule has 0 spiro atoms. The van der Waals surface area contributed by atoms with Crippen molar-refractivity contribution >= 4 is 52.9 Å². The summed E-state index contributed by atoms with van der Waals surface area (Å²) in [6.07, 6.45) is 1.39. The third-order valence-electron chi connectivity index (χ3n) is 3.41. The Balaban J connectivity index is 0.00000312. The van der Waals surface area contributed by atoms with Crippen molar-refractivity contribution in [2.45, 2.75) is 32.9 Å². The van der Waals surface area contributed by atoms with E-state index in [0.29, 0.717) is 13.0 Å². The van der Waals surface area contributed by atoms with Crippen molar-refractivity contribution in [2.24, 2.45) is 4.99 Å². The highest BCUT2D eigenvalue weighted by Crippen LogP contribution is 2.11. The van der Waals surface area contributed by atoms with Crippen LogP contribution in [0.1, 0.15) is 30.9 Å². The predicted octanol–water partition coefficient (Wildman–Crippen LogP) is 3.97. The van der Waals surface area contributed by atoms with Gasteiger partial charge in [-0.1, -0.05) is 19.1 Å². The van der Waals surface area contributed by atoms with Crippen LogP contribution in [0.4, 0.5) is 5.69 Å². The number of thiophene rings is 1. The van der Waals surface area contributed by atoms with Crippen molar-refractivity contribution in [2.75, 3.05) is 12.4 Å². The summed E-state index contributed by atoms with van der Waals surface area (Å²) in [5, 5.41) is 13.7. The molecule has 136 valence electrons. The van der Waals surface area contributed by atoms with Gasteiger partial charge in [0.05, 0.1) is 0 Å². The highest BCUT2D eigenvalue weighted by atomic mass is 127. The lowest BCUT2D eigenvalue weighted by Crippen LogP contribution is -2.36. The fourth-order valence-corrected chi connectivity index (χ4v) is 2.86. The van der Waals surface area contributed by atoms with Gasteiger partial charge in [0.1, 0.15) is 0 Å². The molecule has 25 heavy (non-hydrogen) atoms. The van der Waals surface area contributed by atoms with Crippen LogP contribution in [-0.2, 0) is 17.9 Å². The molecule has 0 atom stereocenters. The Morgan fingerprint density at radius 3 is 2.56 bits per heavy atom. The molecule has 0 radical (unpaired) electrons. The van der Waals surface area contributed by atoms with Gasteiger partial charge in [-0.25, -0.2) is 0 Å². The van der Waals surface area contributed by atoms with Crippen LogP contribution in [0.3, 0.4) is 0 Å². The number of benzene rings is 1. The Kier molecular flexibility index (Phi) is 10.2. The first-order valence-corrected chi connectivity index (χ1v) is 9.00. The summed E-state index contributed by atoms with van der Waals surface area (Å²) in [6, 6.07) is 9.94. The van der Waals surface area contributed by atoms with Crippen molar-refractivity contribution in [1.82, 2.24) is 10.6 Å². The molecule has 0 saturated carbocycles. The normalized spacial score (nSPS) is 10.7. The quantitative estimate of drug-likeness (QED) is 0.325. The van der Waals surface area contributed by atoms with Crippen molar-refractivity contribution < 1.29 is 4.79 Å². The Hall–Kier alpha value is -1.61. The van der Waals surface area contributed by atoms with Crippen LogP contribution < -0.4 is 16.0 Å². The number of aliphatic imine (C=N–C) groups is 1. The van der Waals surface area contributed by atoms with Crippen LogP contribution >= 0.6 is 35.3 Å². The molecule has 0 unspecified atom stereocenters. The number of carbonyl (C=O) groups excluding carboxylic acids is 1. The van der Waals surface area contributed by atoms with Crippen molar-refractivity contribution in [3.63, 3.8) is 0 Å². The van der Waals surface area contributed by atoms with Crippen LogP contribution in [0.2, 0.25) is 0 Å². The van der Waals surface area contributed by atoms with E-state index in [-0.39, 0.29) is 29.9 Å². The lowest BCUT2D eigenvalue weighted by molar-refractivity contribution is -0.116. The molecule has 0 aliphatic rings. The summed E-state index contributed by atoms with van der Waals surface area (Å²) in [7, 11) is 1.75. The van der Waals surface area contributed by atoms with Gasteiger partial charge in [0, 0.05) is 32.2 Å². The van der Waals surface area contributed by atoms with E-state index in [1.165, 1.54) is 5.56 Å². The van der Waals surface area contributed by atoms with Crippen LogP contribution in [0.25, 0.3) is 0 Å². The number of rotatable bonds is 7. The van der Waals surface area contributed by atoms with E-state index in [1.807, 2.05) is 31.2 Å². The summed E-state index contributed by atoms with van der Waals surface area (Å²) >= 11 is 1.68.